The molecule has 0 aliphatic heterocycles. The third-order valence-electron chi connectivity index (χ3n) is 1.67. The predicted molar refractivity (Wildman–Crippen MR) is 61.7 cm³/mol. The summed E-state index contributed by atoms with van der Waals surface area (Å²) in [5, 5.41) is 11.3. The number of anilines is 1. The molecule has 1 aromatic heterocycles. The first-order valence-electron chi connectivity index (χ1n) is 4.96. The third-order valence-corrected chi connectivity index (χ3v) is 1.67. The molecule has 1 aromatic rings. The number of nitrogens with zero attached hydrogens (tertiary/aromatic N) is 1. The molecule has 0 spiro atoms. The molecule has 0 aliphatic carbocycles. The number of rotatable bonds is 4. The molecule has 1 heterocycles. The minimum Gasteiger partial charge on any atom is -0.478 e. The molecule has 0 bridgehead atoms. The second-order valence-corrected chi connectivity index (χ2v) is 2.94. The van der Waals surface area contributed by atoms with Gasteiger partial charge in [-0.1, -0.05) is 6.92 Å². The Morgan fingerprint density at radius 1 is 1.62 bits per heavy atom. The summed E-state index contributed by atoms with van der Waals surface area (Å²) >= 11 is 0. The summed E-state index contributed by atoms with van der Waals surface area (Å²) in [6.07, 6.45) is 4.07. The van der Waals surface area contributed by atoms with Crippen LogP contribution in [0.2, 0.25) is 0 Å². The van der Waals surface area contributed by atoms with Crippen molar-refractivity contribution in [2.24, 2.45) is 0 Å². The van der Waals surface area contributed by atoms with Gasteiger partial charge in [-0.25, -0.2) is 9.78 Å². The van der Waals surface area contributed by atoms with E-state index in [1.165, 1.54) is 18.3 Å². The van der Waals surface area contributed by atoms with Gasteiger partial charge in [0.1, 0.15) is 12.1 Å². The van der Waals surface area contributed by atoms with Crippen molar-refractivity contribution < 1.29 is 14.7 Å². The Bertz CT molecular complexity index is 340. The lowest BCUT2D eigenvalue weighted by Gasteiger charge is -1.98. The van der Waals surface area contributed by atoms with Crippen LogP contribution < -0.4 is 5.32 Å². The number of aromatic carboxylic acids is 1. The standard InChI is InChI=1S/C7H8N2O2.C4H8O/c1-8-6-4-5(7(10)11)2-3-9-6;1-2-3-4-5/h2-4H,1H3,(H,8,9)(H,10,11);4H,2-3H2,1H3. The van der Waals surface area contributed by atoms with Crippen LogP contribution >= 0.6 is 0 Å². The Morgan fingerprint density at radius 3 is 2.69 bits per heavy atom. The van der Waals surface area contributed by atoms with E-state index in [9.17, 15) is 9.59 Å². The van der Waals surface area contributed by atoms with Gasteiger partial charge in [0.25, 0.3) is 0 Å². The largest absolute Gasteiger partial charge is 0.478 e. The molecule has 88 valence electrons. The molecule has 0 saturated carbocycles. The van der Waals surface area contributed by atoms with Gasteiger partial charge < -0.3 is 15.2 Å². The number of hydrogen-bond acceptors (Lipinski definition) is 4. The number of nitrogens with one attached hydrogen (secondary N) is 1. The number of carboxylic acids is 1. The number of hydrogen-bond donors (Lipinski definition) is 2. The van der Waals surface area contributed by atoms with Gasteiger partial charge in [-0.05, 0) is 18.6 Å². The van der Waals surface area contributed by atoms with Gasteiger partial charge in [0, 0.05) is 19.7 Å². The number of carbonyl (C=O) groups is 2. The van der Waals surface area contributed by atoms with Gasteiger partial charge in [0.2, 0.25) is 0 Å². The van der Waals surface area contributed by atoms with Gasteiger partial charge in [-0.15, -0.1) is 0 Å². The maximum absolute atomic E-state index is 10.4. The lowest BCUT2D eigenvalue weighted by atomic mass is 10.3. The van der Waals surface area contributed by atoms with Crippen molar-refractivity contribution in [3.05, 3.63) is 23.9 Å². The second kappa shape index (κ2) is 8.40. The van der Waals surface area contributed by atoms with E-state index in [4.69, 9.17) is 5.11 Å². The zero-order chi connectivity index (χ0) is 12.4. The zero-order valence-electron chi connectivity index (χ0n) is 9.43. The molecule has 0 aromatic carbocycles. The Hall–Kier alpha value is -1.91. The fourth-order valence-corrected chi connectivity index (χ4v) is 0.818. The van der Waals surface area contributed by atoms with E-state index in [2.05, 4.69) is 10.3 Å². The molecule has 1 rings (SSSR count). The van der Waals surface area contributed by atoms with E-state index in [1.807, 2.05) is 6.92 Å². The molecule has 0 fully saturated rings. The molecule has 0 saturated heterocycles. The zero-order valence-corrected chi connectivity index (χ0v) is 9.43. The van der Waals surface area contributed by atoms with Crippen molar-refractivity contribution in [3.8, 4) is 0 Å². The average molecular weight is 224 g/mol. The quantitative estimate of drug-likeness (QED) is 0.762. The molecule has 2 N–H and O–H groups in total. The monoisotopic (exact) mass is 224 g/mol. The fraction of sp³-hybridized carbons (Fsp3) is 0.364. The summed E-state index contributed by atoms with van der Waals surface area (Å²) in [6, 6.07) is 2.92. The molecular weight excluding hydrogens is 208 g/mol. The fourth-order valence-electron chi connectivity index (χ4n) is 0.818. The van der Waals surface area contributed by atoms with Crippen molar-refractivity contribution in [1.82, 2.24) is 4.98 Å². The van der Waals surface area contributed by atoms with Crippen LogP contribution in [0.4, 0.5) is 5.82 Å². The summed E-state index contributed by atoms with van der Waals surface area (Å²) in [4.78, 5) is 23.7. The van der Waals surface area contributed by atoms with E-state index >= 15 is 0 Å². The van der Waals surface area contributed by atoms with Crippen LogP contribution in [0.3, 0.4) is 0 Å². The number of unbranched alkanes of at least 4 members (excludes halogenated alkanes) is 1. The van der Waals surface area contributed by atoms with Crippen LogP contribution in [0.15, 0.2) is 18.3 Å². The van der Waals surface area contributed by atoms with E-state index < -0.39 is 5.97 Å². The summed E-state index contributed by atoms with van der Waals surface area (Å²) in [5.74, 6) is -0.381. The van der Waals surface area contributed by atoms with Crippen LogP contribution in [0.1, 0.15) is 30.1 Å². The lowest BCUT2D eigenvalue weighted by Crippen LogP contribution is -1.99. The first-order valence-corrected chi connectivity index (χ1v) is 4.96. The molecule has 5 nitrogen and oxygen atoms in total. The van der Waals surface area contributed by atoms with Crippen molar-refractivity contribution in [2.45, 2.75) is 19.8 Å². The van der Waals surface area contributed by atoms with Crippen LogP contribution in [0.5, 0.6) is 0 Å². The molecule has 0 atom stereocenters. The molecule has 0 aliphatic rings. The third kappa shape index (κ3) is 5.74. The Morgan fingerprint density at radius 2 is 2.31 bits per heavy atom. The topological polar surface area (TPSA) is 79.3 Å². The number of pyridine rings is 1. The highest BCUT2D eigenvalue weighted by atomic mass is 16.4. The molecule has 0 radical (unpaired) electrons. The Balaban J connectivity index is 0.000000385. The predicted octanol–water partition coefficient (Wildman–Crippen LogP) is 1.81. The van der Waals surface area contributed by atoms with Crippen LogP contribution in [0.25, 0.3) is 0 Å². The summed E-state index contributed by atoms with van der Waals surface area (Å²) in [6.45, 7) is 1.98. The van der Waals surface area contributed by atoms with Crippen molar-refractivity contribution in [3.63, 3.8) is 0 Å². The van der Waals surface area contributed by atoms with E-state index in [-0.39, 0.29) is 5.56 Å². The van der Waals surface area contributed by atoms with E-state index in [0.29, 0.717) is 12.2 Å². The summed E-state index contributed by atoms with van der Waals surface area (Å²) in [5.41, 5.74) is 0.240. The van der Waals surface area contributed by atoms with Crippen LogP contribution in [-0.2, 0) is 4.79 Å². The highest BCUT2D eigenvalue weighted by Gasteiger charge is 2.01. The smallest absolute Gasteiger partial charge is 0.335 e. The average Bonchev–Trinajstić information content (AvgIpc) is 2.31. The maximum Gasteiger partial charge on any atom is 0.335 e. The van der Waals surface area contributed by atoms with Gasteiger partial charge in [0.05, 0.1) is 5.56 Å². The molecule has 0 unspecified atom stereocenters. The van der Waals surface area contributed by atoms with Crippen LogP contribution in [-0.4, -0.2) is 29.4 Å². The van der Waals surface area contributed by atoms with Crippen molar-refractivity contribution >= 4 is 18.1 Å². The van der Waals surface area contributed by atoms with E-state index in [0.717, 1.165) is 12.7 Å². The lowest BCUT2D eigenvalue weighted by molar-refractivity contribution is -0.107. The molecular formula is C11H16N2O3. The highest BCUT2D eigenvalue weighted by Crippen LogP contribution is 2.04. The molecule has 5 heteroatoms. The van der Waals surface area contributed by atoms with E-state index in [1.54, 1.807) is 7.05 Å². The first kappa shape index (κ1) is 14.1. The van der Waals surface area contributed by atoms with Gasteiger partial charge in [0.15, 0.2) is 0 Å². The van der Waals surface area contributed by atoms with Crippen molar-refractivity contribution in [2.75, 3.05) is 12.4 Å². The number of aldehydes is 1. The van der Waals surface area contributed by atoms with Gasteiger partial charge in [-0.3, -0.25) is 0 Å². The summed E-state index contributed by atoms with van der Waals surface area (Å²) in [7, 11) is 1.69. The molecule has 16 heavy (non-hydrogen) atoms. The Kier molecular flexibility index (Phi) is 7.40. The normalized spacial score (nSPS) is 8.62. The SMILES string of the molecule is CCCC=O.CNc1cc(C(=O)O)ccn1. The number of carbonyl (C=O) groups excluding carboxylic acids is 1. The highest BCUT2D eigenvalue weighted by molar-refractivity contribution is 5.88. The maximum atomic E-state index is 10.4. The second-order valence-electron chi connectivity index (χ2n) is 2.94. The van der Waals surface area contributed by atoms with Gasteiger partial charge in [-0.2, -0.15) is 0 Å². The minimum atomic E-state index is -0.941. The molecule has 0 amide bonds. The number of carboxylic acid groups (broad SMARTS) is 1. The van der Waals surface area contributed by atoms with Gasteiger partial charge >= 0.3 is 5.97 Å². The Labute approximate surface area is 94.5 Å². The minimum absolute atomic E-state index is 0.240. The number of aromatic nitrogens is 1. The van der Waals surface area contributed by atoms with Crippen LogP contribution in [0, 0.1) is 0 Å². The summed E-state index contributed by atoms with van der Waals surface area (Å²) < 4.78 is 0. The first-order chi connectivity index (χ1) is 7.65. The van der Waals surface area contributed by atoms with Crippen molar-refractivity contribution in [1.29, 1.82) is 0 Å².